The molecule has 0 saturated carbocycles. The van der Waals surface area contributed by atoms with Gasteiger partial charge in [0, 0.05) is 25.7 Å². The van der Waals surface area contributed by atoms with Gasteiger partial charge in [-0.15, -0.1) is 0 Å². The topological polar surface area (TPSA) is 220 Å². The molecule has 2 heterocycles. The number of hydrogen-bond acceptors (Lipinski definition) is 16. The first-order valence-corrected chi connectivity index (χ1v) is 18.6. The largest absolute Gasteiger partial charge is 0.463 e. The smallest absolute Gasteiger partial charge is 0.308 e. The molecule has 2 fully saturated rings. The van der Waals surface area contributed by atoms with Crippen molar-refractivity contribution in [3.05, 3.63) is 0 Å². The SMILES string of the molecule is CC[C@@H](C)C(=O)OC[C@@]1(O[C@H]2O[C@H](CO)[C@@H](O)[C@H](O)[C@H]2OC(=O)CC(C)C)O[C@H](COC(=O)CC(C)C)[C@@H](OC(=O)CC(C)C)[C@@H]1OC(=O)CC(C)C. The van der Waals surface area contributed by atoms with Crippen LogP contribution in [0.3, 0.4) is 0 Å². The second-order valence-electron chi connectivity index (χ2n) is 15.6. The van der Waals surface area contributed by atoms with Gasteiger partial charge in [-0.05, 0) is 30.1 Å². The van der Waals surface area contributed by atoms with E-state index in [-0.39, 0.29) is 49.4 Å². The molecule has 0 aromatic rings. The maximum Gasteiger partial charge on any atom is 0.308 e. The molecule has 53 heavy (non-hydrogen) atoms. The summed E-state index contributed by atoms with van der Waals surface area (Å²) in [5, 5.41) is 31.9. The van der Waals surface area contributed by atoms with E-state index in [1.54, 1.807) is 55.4 Å². The number of carbonyl (C=O) groups is 5. The molecule has 16 heteroatoms. The van der Waals surface area contributed by atoms with E-state index in [2.05, 4.69) is 0 Å². The van der Waals surface area contributed by atoms with Crippen molar-refractivity contribution < 1.29 is 77.2 Å². The van der Waals surface area contributed by atoms with Crippen LogP contribution in [0.1, 0.15) is 101 Å². The fourth-order valence-corrected chi connectivity index (χ4v) is 5.61. The van der Waals surface area contributed by atoms with Crippen LogP contribution in [0.5, 0.6) is 0 Å². The summed E-state index contributed by atoms with van der Waals surface area (Å²) in [6.07, 6.45) is -13.1. The van der Waals surface area contributed by atoms with E-state index in [0.717, 1.165) is 0 Å². The maximum absolute atomic E-state index is 13.4. The van der Waals surface area contributed by atoms with Crippen molar-refractivity contribution in [3.8, 4) is 0 Å². The lowest BCUT2D eigenvalue weighted by Crippen LogP contribution is -2.64. The van der Waals surface area contributed by atoms with E-state index < -0.39 is 110 Å². The molecular formula is C37H62O16. The van der Waals surface area contributed by atoms with Crippen LogP contribution in [-0.4, -0.2) is 120 Å². The van der Waals surface area contributed by atoms with Gasteiger partial charge in [-0.3, -0.25) is 24.0 Å². The lowest BCUT2D eigenvalue weighted by Gasteiger charge is -2.45. The summed E-state index contributed by atoms with van der Waals surface area (Å²) in [6, 6.07) is 0. The Bertz CT molecular complexity index is 1200. The van der Waals surface area contributed by atoms with Crippen molar-refractivity contribution in [1.82, 2.24) is 0 Å². The first kappa shape index (κ1) is 46.3. The minimum absolute atomic E-state index is 0.0492. The third kappa shape index (κ3) is 14.0. The third-order valence-electron chi connectivity index (χ3n) is 8.52. The maximum atomic E-state index is 13.4. The van der Waals surface area contributed by atoms with Crippen LogP contribution >= 0.6 is 0 Å². The molecule has 0 amide bonds. The monoisotopic (exact) mass is 762 g/mol. The predicted octanol–water partition coefficient (Wildman–Crippen LogP) is 2.59. The molecule has 0 aromatic heterocycles. The number of carbonyl (C=O) groups excluding carboxylic acids is 5. The van der Waals surface area contributed by atoms with Crippen LogP contribution in [0.2, 0.25) is 0 Å². The van der Waals surface area contributed by atoms with Crippen molar-refractivity contribution in [2.24, 2.45) is 29.6 Å². The molecule has 0 unspecified atom stereocenters. The van der Waals surface area contributed by atoms with Crippen molar-refractivity contribution >= 4 is 29.8 Å². The van der Waals surface area contributed by atoms with E-state index in [1.165, 1.54) is 0 Å². The Balaban J connectivity index is 2.79. The molecule has 2 saturated heterocycles. The quantitative estimate of drug-likeness (QED) is 0.120. The Morgan fingerprint density at radius 1 is 0.660 bits per heavy atom. The minimum Gasteiger partial charge on any atom is -0.463 e. The second-order valence-corrected chi connectivity index (χ2v) is 15.6. The molecule has 2 aliphatic rings. The first-order valence-electron chi connectivity index (χ1n) is 18.6. The number of esters is 5. The van der Waals surface area contributed by atoms with Gasteiger partial charge < -0.3 is 53.2 Å². The summed E-state index contributed by atoms with van der Waals surface area (Å²) >= 11 is 0. The molecule has 2 aliphatic heterocycles. The summed E-state index contributed by atoms with van der Waals surface area (Å²) in [5.41, 5.74) is 0. The molecule has 3 N–H and O–H groups in total. The van der Waals surface area contributed by atoms with Crippen LogP contribution in [-0.2, 0) is 61.9 Å². The Morgan fingerprint density at radius 3 is 1.64 bits per heavy atom. The number of ether oxygens (including phenoxy) is 8. The van der Waals surface area contributed by atoms with Gasteiger partial charge in [0.2, 0.25) is 12.1 Å². The number of aliphatic hydroxyl groups is 3. The molecule has 16 nitrogen and oxygen atoms in total. The summed E-state index contributed by atoms with van der Waals surface area (Å²) in [4.78, 5) is 65.4. The molecule has 306 valence electrons. The standard InChI is InChI=1S/C37H62O16/c1-11-23(10)35(45)47-18-37(53-36-33(50-28(41)14-21(6)7)31(44)30(43)24(16-38)48-36)34(51-29(42)15-22(8)9)32(49-27(40)13-20(4)5)25(52-37)17-46-26(39)12-19(2)3/h19-25,30-34,36,38,43-44H,11-18H2,1-10H3/t23-,24-,25-,30-,31+,32-,33-,34+,36-,37+/m1/s1. The lowest BCUT2D eigenvalue weighted by atomic mass is 9.98. The zero-order valence-corrected chi connectivity index (χ0v) is 32.8. The van der Waals surface area contributed by atoms with Gasteiger partial charge in [0.1, 0.15) is 37.6 Å². The third-order valence-corrected chi connectivity index (χ3v) is 8.52. The summed E-state index contributed by atoms with van der Waals surface area (Å²) < 4.78 is 47.3. The highest BCUT2D eigenvalue weighted by molar-refractivity contribution is 5.73. The summed E-state index contributed by atoms with van der Waals surface area (Å²) in [7, 11) is 0. The Morgan fingerprint density at radius 2 is 1.15 bits per heavy atom. The van der Waals surface area contributed by atoms with Gasteiger partial charge in [-0.25, -0.2) is 0 Å². The summed E-state index contributed by atoms with van der Waals surface area (Å²) in [6.45, 7) is 15.5. The normalized spacial score (nSPS) is 29.3. The van der Waals surface area contributed by atoms with E-state index in [0.29, 0.717) is 6.42 Å². The molecule has 0 aromatic carbocycles. The van der Waals surface area contributed by atoms with Crippen molar-refractivity contribution in [2.45, 2.75) is 156 Å². The van der Waals surface area contributed by atoms with Gasteiger partial charge in [0.15, 0.2) is 18.3 Å². The summed E-state index contributed by atoms with van der Waals surface area (Å²) in [5.74, 6) is -7.14. The number of hydrogen-bond donors (Lipinski definition) is 3. The molecule has 0 aliphatic carbocycles. The number of rotatable bonds is 20. The second kappa shape index (κ2) is 21.3. The molecule has 0 spiro atoms. The molecule has 2 rings (SSSR count). The van der Waals surface area contributed by atoms with Gasteiger partial charge in [-0.2, -0.15) is 0 Å². The fourth-order valence-electron chi connectivity index (χ4n) is 5.61. The van der Waals surface area contributed by atoms with Crippen LogP contribution in [0.15, 0.2) is 0 Å². The van der Waals surface area contributed by atoms with Crippen LogP contribution < -0.4 is 0 Å². The van der Waals surface area contributed by atoms with Gasteiger partial charge in [-0.1, -0.05) is 69.2 Å². The fraction of sp³-hybridized carbons (Fsp3) is 0.865. The van der Waals surface area contributed by atoms with E-state index >= 15 is 0 Å². The molecule has 0 bridgehead atoms. The van der Waals surface area contributed by atoms with Crippen molar-refractivity contribution in [3.63, 3.8) is 0 Å². The van der Waals surface area contributed by atoms with E-state index in [4.69, 9.17) is 37.9 Å². The minimum atomic E-state index is -2.43. The van der Waals surface area contributed by atoms with Crippen molar-refractivity contribution in [1.29, 1.82) is 0 Å². The molecule has 0 radical (unpaired) electrons. The van der Waals surface area contributed by atoms with Crippen LogP contribution in [0.4, 0.5) is 0 Å². The zero-order valence-electron chi connectivity index (χ0n) is 32.8. The Hall–Kier alpha value is -2.89. The van der Waals surface area contributed by atoms with Gasteiger partial charge in [0.25, 0.3) is 0 Å². The first-order chi connectivity index (χ1) is 24.7. The van der Waals surface area contributed by atoms with Crippen LogP contribution in [0.25, 0.3) is 0 Å². The molecular weight excluding hydrogens is 700 g/mol. The highest BCUT2D eigenvalue weighted by Gasteiger charge is 2.64. The Labute approximate surface area is 312 Å². The highest BCUT2D eigenvalue weighted by Crippen LogP contribution is 2.41. The lowest BCUT2D eigenvalue weighted by molar-refractivity contribution is -0.384. The van der Waals surface area contributed by atoms with Gasteiger partial charge in [0.05, 0.1) is 12.5 Å². The molecule has 10 atom stereocenters. The zero-order chi connectivity index (χ0) is 40.2. The highest BCUT2D eigenvalue weighted by atomic mass is 16.8. The van der Waals surface area contributed by atoms with E-state index in [1.807, 2.05) is 13.8 Å². The van der Waals surface area contributed by atoms with Gasteiger partial charge >= 0.3 is 29.8 Å². The Kier molecular flexibility index (Phi) is 18.6. The predicted molar refractivity (Wildman–Crippen MR) is 185 cm³/mol. The van der Waals surface area contributed by atoms with E-state index in [9.17, 15) is 39.3 Å². The average Bonchev–Trinajstić information content (AvgIpc) is 3.31. The number of aliphatic hydroxyl groups excluding tert-OH is 3. The van der Waals surface area contributed by atoms with Crippen LogP contribution in [0, 0.1) is 29.6 Å². The average molecular weight is 763 g/mol. The van der Waals surface area contributed by atoms with Crippen molar-refractivity contribution in [2.75, 3.05) is 19.8 Å².